The fourth-order valence-electron chi connectivity index (χ4n) is 2.79. The summed E-state index contributed by atoms with van der Waals surface area (Å²) in [6, 6.07) is 18.9. The largest absolute Gasteiger partial charge is 0.301 e. The van der Waals surface area contributed by atoms with Crippen LogP contribution in [0.5, 0.6) is 0 Å². The van der Waals surface area contributed by atoms with E-state index in [1.807, 2.05) is 24.5 Å². The van der Waals surface area contributed by atoms with Gasteiger partial charge in [0.2, 0.25) is 0 Å². The molecule has 0 radical (unpaired) electrons. The highest BCUT2D eigenvalue weighted by Crippen LogP contribution is 2.40. The molecule has 2 unspecified atom stereocenters. The Morgan fingerprint density at radius 3 is 2.50 bits per heavy atom. The summed E-state index contributed by atoms with van der Waals surface area (Å²) in [7, 11) is 0. The van der Waals surface area contributed by atoms with Crippen molar-refractivity contribution in [3.05, 3.63) is 78.1 Å². The molecule has 0 saturated heterocycles. The van der Waals surface area contributed by atoms with Crippen LogP contribution >= 0.6 is 11.8 Å². The van der Waals surface area contributed by atoms with Crippen molar-refractivity contribution >= 4 is 28.2 Å². The zero-order valence-corrected chi connectivity index (χ0v) is 12.7. The van der Waals surface area contributed by atoms with Gasteiger partial charge in [-0.2, -0.15) is 0 Å². The first-order chi connectivity index (χ1) is 10.8. The molecule has 2 heterocycles. The summed E-state index contributed by atoms with van der Waals surface area (Å²) in [6.45, 7) is 0. The van der Waals surface area contributed by atoms with Gasteiger partial charge in [-0.1, -0.05) is 36.4 Å². The van der Waals surface area contributed by atoms with Gasteiger partial charge in [-0.05, 0) is 40.1 Å². The molecule has 1 aliphatic rings. The van der Waals surface area contributed by atoms with E-state index in [-0.39, 0.29) is 10.7 Å². The van der Waals surface area contributed by atoms with E-state index in [4.69, 9.17) is 5.73 Å². The maximum atomic E-state index is 6.06. The molecule has 3 nitrogen and oxygen atoms in total. The van der Waals surface area contributed by atoms with E-state index < -0.39 is 0 Å². The van der Waals surface area contributed by atoms with Crippen molar-refractivity contribution < 1.29 is 0 Å². The first kappa shape index (κ1) is 13.5. The second-order valence-corrected chi connectivity index (χ2v) is 6.49. The van der Waals surface area contributed by atoms with Crippen molar-refractivity contribution in [3.8, 4) is 0 Å². The standard InChI is InChI=1S/C18H15N3S/c19-18-21-16(17(22-18)13-7-9-20-10-8-13)15-6-5-12-3-1-2-4-14(12)11-15/h1-11,17-18H,19H2. The molecule has 2 aromatic carbocycles. The van der Waals surface area contributed by atoms with Gasteiger partial charge in [-0.3, -0.25) is 9.98 Å². The van der Waals surface area contributed by atoms with Gasteiger partial charge in [0.15, 0.2) is 0 Å². The smallest absolute Gasteiger partial charge is 0.145 e. The second kappa shape index (κ2) is 5.55. The Labute approximate surface area is 133 Å². The molecule has 2 atom stereocenters. The highest BCUT2D eigenvalue weighted by molar-refractivity contribution is 8.01. The lowest BCUT2D eigenvalue weighted by Crippen LogP contribution is -2.08. The number of thioether (sulfide) groups is 1. The highest BCUT2D eigenvalue weighted by atomic mass is 32.2. The Bertz CT molecular complexity index is 845. The Balaban J connectivity index is 1.79. The Kier molecular flexibility index (Phi) is 3.41. The van der Waals surface area contributed by atoms with E-state index in [1.54, 1.807) is 11.8 Å². The van der Waals surface area contributed by atoms with Crippen LogP contribution in [0.15, 0.2) is 72.0 Å². The third-order valence-corrected chi connectivity index (χ3v) is 5.00. The lowest BCUT2D eigenvalue weighted by atomic mass is 9.99. The molecule has 0 bridgehead atoms. The number of rotatable bonds is 2. The lowest BCUT2D eigenvalue weighted by Gasteiger charge is -2.13. The van der Waals surface area contributed by atoms with E-state index in [2.05, 4.69) is 52.4 Å². The SMILES string of the molecule is NC1N=C(c2ccc3ccccc3c2)C(c2ccncc2)S1. The maximum absolute atomic E-state index is 6.06. The molecule has 0 aliphatic carbocycles. The summed E-state index contributed by atoms with van der Waals surface area (Å²) in [5.41, 5.74) is 9.24. The van der Waals surface area contributed by atoms with Crippen LogP contribution in [-0.4, -0.2) is 16.2 Å². The van der Waals surface area contributed by atoms with Crippen LogP contribution in [0, 0.1) is 0 Å². The zero-order chi connectivity index (χ0) is 14.9. The molecule has 4 heteroatoms. The quantitative estimate of drug-likeness (QED) is 0.784. The average molecular weight is 305 g/mol. The van der Waals surface area contributed by atoms with Crippen molar-refractivity contribution in [2.45, 2.75) is 10.7 Å². The van der Waals surface area contributed by atoms with E-state index >= 15 is 0 Å². The second-order valence-electron chi connectivity index (χ2n) is 5.26. The van der Waals surface area contributed by atoms with E-state index in [0.717, 1.165) is 11.3 Å². The van der Waals surface area contributed by atoms with Crippen LogP contribution in [0.3, 0.4) is 0 Å². The van der Waals surface area contributed by atoms with Crippen LogP contribution in [0.25, 0.3) is 10.8 Å². The summed E-state index contributed by atoms with van der Waals surface area (Å²) in [6.07, 6.45) is 3.63. The van der Waals surface area contributed by atoms with Crippen LogP contribution < -0.4 is 5.73 Å². The van der Waals surface area contributed by atoms with Crippen LogP contribution in [0.1, 0.15) is 16.4 Å². The van der Waals surface area contributed by atoms with Crippen LogP contribution in [0.4, 0.5) is 0 Å². The Morgan fingerprint density at radius 2 is 1.68 bits per heavy atom. The summed E-state index contributed by atoms with van der Waals surface area (Å²) in [5, 5.41) is 2.63. The molecule has 3 aromatic rings. The summed E-state index contributed by atoms with van der Waals surface area (Å²) in [5.74, 6) is 0. The molecule has 0 spiro atoms. The molecule has 0 amide bonds. The number of aliphatic imine (C=N–C) groups is 1. The highest BCUT2D eigenvalue weighted by Gasteiger charge is 2.29. The first-order valence-electron chi connectivity index (χ1n) is 7.19. The normalized spacial score (nSPS) is 21.0. The van der Waals surface area contributed by atoms with Gasteiger partial charge in [-0.25, -0.2) is 0 Å². The molecule has 108 valence electrons. The topological polar surface area (TPSA) is 51.3 Å². The Hall–Kier alpha value is -2.17. The van der Waals surface area contributed by atoms with E-state index in [1.165, 1.54) is 16.3 Å². The van der Waals surface area contributed by atoms with E-state index in [9.17, 15) is 0 Å². The molecule has 0 fully saturated rings. The minimum absolute atomic E-state index is 0.166. The Morgan fingerprint density at radius 1 is 0.909 bits per heavy atom. The third-order valence-electron chi connectivity index (χ3n) is 3.84. The maximum Gasteiger partial charge on any atom is 0.145 e. The third kappa shape index (κ3) is 2.40. The number of nitrogens with two attached hydrogens (primary N) is 1. The van der Waals surface area contributed by atoms with Gasteiger partial charge in [0.1, 0.15) is 5.50 Å². The summed E-state index contributed by atoms with van der Waals surface area (Å²) < 4.78 is 0. The number of hydrogen-bond acceptors (Lipinski definition) is 4. The van der Waals surface area contributed by atoms with Crippen molar-refractivity contribution in [2.75, 3.05) is 0 Å². The number of hydrogen-bond donors (Lipinski definition) is 1. The number of pyridine rings is 1. The fraction of sp³-hybridized carbons (Fsp3) is 0.111. The summed E-state index contributed by atoms with van der Waals surface area (Å²) >= 11 is 1.67. The van der Waals surface area contributed by atoms with Crippen LogP contribution in [0.2, 0.25) is 0 Å². The number of nitrogens with zero attached hydrogens (tertiary/aromatic N) is 2. The predicted octanol–water partition coefficient (Wildman–Crippen LogP) is 3.75. The van der Waals surface area contributed by atoms with Gasteiger partial charge >= 0.3 is 0 Å². The molecular weight excluding hydrogens is 290 g/mol. The fourth-order valence-corrected chi connectivity index (χ4v) is 3.88. The predicted molar refractivity (Wildman–Crippen MR) is 93.0 cm³/mol. The molecule has 4 rings (SSSR count). The minimum atomic E-state index is -0.209. The van der Waals surface area contributed by atoms with Crippen molar-refractivity contribution in [3.63, 3.8) is 0 Å². The number of benzene rings is 2. The van der Waals surface area contributed by atoms with Gasteiger partial charge in [0.25, 0.3) is 0 Å². The molecule has 22 heavy (non-hydrogen) atoms. The van der Waals surface area contributed by atoms with Crippen LogP contribution in [-0.2, 0) is 0 Å². The summed E-state index contributed by atoms with van der Waals surface area (Å²) in [4.78, 5) is 8.75. The monoisotopic (exact) mass is 305 g/mol. The first-order valence-corrected chi connectivity index (χ1v) is 8.13. The van der Waals surface area contributed by atoms with Gasteiger partial charge < -0.3 is 5.73 Å². The van der Waals surface area contributed by atoms with Gasteiger partial charge in [0.05, 0.1) is 11.0 Å². The molecular formula is C18H15N3S. The zero-order valence-electron chi connectivity index (χ0n) is 11.9. The number of aromatic nitrogens is 1. The molecule has 2 N–H and O–H groups in total. The number of fused-ring (bicyclic) bond motifs is 1. The van der Waals surface area contributed by atoms with Gasteiger partial charge in [-0.15, -0.1) is 11.8 Å². The van der Waals surface area contributed by atoms with Crippen molar-refractivity contribution in [1.29, 1.82) is 0 Å². The van der Waals surface area contributed by atoms with Crippen molar-refractivity contribution in [1.82, 2.24) is 4.98 Å². The average Bonchev–Trinajstić information content (AvgIpc) is 2.97. The van der Waals surface area contributed by atoms with E-state index in [0.29, 0.717) is 0 Å². The molecule has 1 aromatic heterocycles. The van der Waals surface area contributed by atoms with Crippen molar-refractivity contribution in [2.24, 2.45) is 10.7 Å². The molecule has 0 saturated carbocycles. The minimum Gasteiger partial charge on any atom is -0.301 e. The molecule has 1 aliphatic heterocycles. The lowest BCUT2D eigenvalue weighted by molar-refractivity contribution is 1.00. The van der Waals surface area contributed by atoms with Gasteiger partial charge in [0, 0.05) is 12.4 Å².